The van der Waals surface area contributed by atoms with Crippen molar-refractivity contribution in [3.05, 3.63) is 64.7 Å². The monoisotopic (exact) mass is 322 g/mol. The van der Waals surface area contributed by atoms with E-state index in [2.05, 4.69) is 16.8 Å². The van der Waals surface area contributed by atoms with Crippen LogP contribution in [-0.4, -0.2) is 27.1 Å². The summed E-state index contributed by atoms with van der Waals surface area (Å²) in [5.41, 5.74) is 3.24. The molecule has 2 aromatic rings. The standard InChI is InChI=1S/C19H15FN2O2/c20-14-3-1-2-12(8-14)4-5-13-9-16-17(21-11-13)10-15-6-7-18(16)22(15)19(23)24/h1-3,8-9,11,15,18H,6-7,10H2,(H,23,24). The van der Waals surface area contributed by atoms with Gasteiger partial charge in [0.05, 0.1) is 6.04 Å². The van der Waals surface area contributed by atoms with E-state index in [-0.39, 0.29) is 17.9 Å². The molecule has 1 amide bonds. The SMILES string of the molecule is O=C(O)N1C2CCC1c1cc(C#Cc3cccc(F)c3)cnc1C2. The van der Waals surface area contributed by atoms with Crippen molar-refractivity contribution in [3.63, 3.8) is 0 Å². The van der Waals surface area contributed by atoms with Gasteiger partial charge in [-0.1, -0.05) is 17.9 Å². The van der Waals surface area contributed by atoms with Crippen molar-refractivity contribution < 1.29 is 14.3 Å². The molecule has 120 valence electrons. The molecule has 1 N–H and O–H groups in total. The summed E-state index contributed by atoms with van der Waals surface area (Å²) in [5, 5.41) is 9.43. The van der Waals surface area contributed by atoms with E-state index in [4.69, 9.17) is 0 Å². The zero-order valence-electron chi connectivity index (χ0n) is 12.9. The van der Waals surface area contributed by atoms with E-state index in [9.17, 15) is 14.3 Å². The Labute approximate surface area is 138 Å². The Morgan fingerprint density at radius 2 is 2.08 bits per heavy atom. The molecular formula is C19H15FN2O2. The van der Waals surface area contributed by atoms with Gasteiger partial charge in [-0.25, -0.2) is 9.18 Å². The molecule has 5 heteroatoms. The van der Waals surface area contributed by atoms with Crippen molar-refractivity contribution in [1.29, 1.82) is 0 Å². The lowest BCUT2D eigenvalue weighted by Crippen LogP contribution is -2.41. The van der Waals surface area contributed by atoms with Crippen LogP contribution in [0.4, 0.5) is 9.18 Å². The Balaban J connectivity index is 1.68. The minimum atomic E-state index is -0.871. The van der Waals surface area contributed by atoms with Gasteiger partial charge in [0.15, 0.2) is 0 Å². The van der Waals surface area contributed by atoms with Crippen molar-refractivity contribution in [3.8, 4) is 11.8 Å². The third kappa shape index (κ3) is 2.50. The summed E-state index contributed by atoms with van der Waals surface area (Å²) in [5.74, 6) is 5.60. The van der Waals surface area contributed by atoms with Crippen LogP contribution in [-0.2, 0) is 6.42 Å². The second-order valence-corrected chi connectivity index (χ2v) is 6.16. The number of carboxylic acid groups (broad SMARTS) is 1. The first kappa shape index (κ1) is 14.7. The van der Waals surface area contributed by atoms with Crippen LogP contribution in [0.15, 0.2) is 36.5 Å². The Morgan fingerprint density at radius 3 is 2.88 bits per heavy atom. The molecule has 0 radical (unpaired) electrons. The summed E-state index contributed by atoms with van der Waals surface area (Å²) < 4.78 is 13.2. The first-order valence-electron chi connectivity index (χ1n) is 7.89. The fraction of sp³-hybridized carbons (Fsp3) is 0.263. The van der Waals surface area contributed by atoms with Gasteiger partial charge < -0.3 is 5.11 Å². The summed E-state index contributed by atoms with van der Waals surface area (Å²) in [6, 6.07) is 7.96. The van der Waals surface area contributed by atoms with Gasteiger partial charge in [0.25, 0.3) is 0 Å². The number of rotatable bonds is 0. The molecule has 2 unspecified atom stereocenters. The third-order valence-electron chi connectivity index (χ3n) is 4.69. The molecule has 1 aromatic heterocycles. The Morgan fingerprint density at radius 1 is 1.25 bits per heavy atom. The average molecular weight is 322 g/mol. The van der Waals surface area contributed by atoms with Crippen molar-refractivity contribution in [2.45, 2.75) is 31.3 Å². The van der Waals surface area contributed by atoms with Crippen molar-refractivity contribution in [2.75, 3.05) is 0 Å². The van der Waals surface area contributed by atoms with Gasteiger partial charge in [-0.15, -0.1) is 0 Å². The fourth-order valence-electron chi connectivity index (χ4n) is 3.65. The number of hydrogen-bond donors (Lipinski definition) is 1. The summed E-state index contributed by atoms with van der Waals surface area (Å²) in [7, 11) is 0. The molecule has 4 rings (SSSR count). The summed E-state index contributed by atoms with van der Waals surface area (Å²) >= 11 is 0. The normalized spacial score (nSPS) is 21.0. The number of benzene rings is 1. The highest BCUT2D eigenvalue weighted by molar-refractivity contribution is 5.68. The molecular weight excluding hydrogens is 307 g/mol. The summed E-state index contributed by atoms with van der Waals surface area (Å²) in [6.45, 7) is 0. The number of aromatic nitrogens is 1. The van der Waals surface area contributed by atoms with Gasteiger partial charge in [-0.05, 0) is 42.7 Å². The summed E-state index contributed by atoms with van der Waals surface area (Å²) in [6.07, 6.45) is 3.20. The van der Waals surface area contributed by atoms with Gasteiger partial charge in [0.1, 0.15) is 5.82 Å². The average Bonchev–Trinajstić information content (AvgIpc) is 2.89. The van der Waals surface area contributed by atoms with Crippen LogP contribution in [0.1, 0.15) is 41.3 Å². The second-order valence-electron chi connectivity index (χ2n) is 6.16. The van der Waals surface area contributed by atoms with E-state index in [1.54, 1.807) is 23.2 Å². The van der Waals surface area contributed by atoms with E-state index < -0.39 is 6.09 Å². The lowest BCUT2D eigenvalue weighted by Gasteiger charge is -2.33. The highest BCUT2D eigenvalue weighted by Crippen LogP contribution is 2.43. The largest absolute Gasteiger partial charge is 0.465 e. The van der Waals surface area contributed by atoms with Crippen LogP contribution in [0.5, 0.6) is 0 Å². The maximum absolute atomic E-state index is 13.2. The van der Waals surface area contributed by atoms with Crippen LogP contribution in [0, 0.1) is 17.7 Å². The molecule has 2 aliphatic heterocycles. The highest BCUT2D eigenvalue weighted by Gasteiger charge is 2.43. The van der Waals surface area contributed by atoms with E-state index in [1.807, 2.05) is 6.07 Å². The number of hydrogen-bond acceptors (Lipinski definition) is 2. The molecule has 4 nitrogen and oxygen atoms in total. The predicted molar refractivity (Wildman–Crippen MR) is 85.9 cm³/mol. The van der Waals surface area contributed by atoms with Crippen LogP contribution in [0.25, 0.3) is 0 Å². The quantitative estimate of drug-likeness (QED) is 0.757. The highest BCUT2D eigenvalue weighted by atomic mass is 19.1. The van der Waals surface area contributed by atoms with Crippen LogP contribution in [0.2, 0.25) is 0 Å². The lowest BCUT2D eigenvalue weighted by atomic mass is 9.97. The number of carbonyl (C=O) groups is 1. The van der Waals surface area contributed by atoms with Gasteiger partial charge in [0.2, 0.25) is 0 Å². The molecule has 2 bridgehead atoms. The van der Waals surface area contributed by atoms with Gasteiger partial charge in [-0.2, -0.15) is 0 Å². The van der Waals surface area contributed by atoms with Crippen molar-refractivity contribution in [2.24, 2.45) is 0 Å². The molecule has 1 fully saturated rings. The van der Waals surface area contributed by atoms with Crippen molar-refractivity contribution >= 4 is 6.09 Å². The third-order valence-corrected chi connectivity index (χ3v) is 4.69. The topological polar surface area (TPSA) is 53.4 Å². The van der Waals surface area contributed by atoms with E-state index >= 15 is 0 Å². The Kier molecular flexibility index (Phi) is 3.46. The minimum Gasteiger partial charge on any atom is -0.465 e. The first-order chi connectivity index (χ1) is 11.6. The zero-order chi connectivity index (χ0) is 16.7. The van der Waals surface area contributed by atoms with Crippen LogP contribution in [0.3, 0.4) is 0 Å². The number of amides is 1. The first-order valence-corrected chi connectivity index (χ1v) is 7.89. The van der Waals surface area contributed by atoms with E-state index in [1.165, 1.54) is 12.1 Å². The fourth-order valence-corrected chi connectivity index (χ4v) is 3.65. The Hall–Kier alpha value is -2.87. The maximum atomic E-state index is 13.2. The maximum Gasteiger partial charge on any atom is 0.408 e. The minimum absolute atomic E-state index is 0.0386. The number of fused-ring (bicyclic) bond motifs is 4. The Bertz CT molecular complexity index is 884. The molecule has 1 saturated heterocycles. The lowest BCUT2D eigenvalue weighted by molar-refractivity contribution is 0.116. The number of pyridine rings is 1. The van der Waals surface area contributed by atoms with Crippen molar-refractivity contribution in [1.82, 2.24) is 9.88 Å². The predicted octanol–water partition coefficient (Wildman–Crippen LogP) is 3.36. The van der Waals surface area contributed by atoms with Crippen LogP contribution >= 0.6 is 0 Å². The number of halogens is 1. The van der Waals surface area contributed by atoms with Crippen LogP contribution < -0.4 is 0 Å². The molecule has 1 aromatic carbocycles. The molecule has 3 heterocycles. The molecule has 2 atom stereocenters. The van der Waals surface area contributed by atoms with Gasteiger partial charge in [-0.3, -0.25) is 9.88 Å². The molecule has 24 heavy (non-hydrogen) atoms. The van der Waals surface area contributed by atoms with Gasteiger partial charge in [0, 0.05) is 35.5 Å². The number of nitrogens with zero attached hydrogens (tertiary/aromatic N) is 2. The molecule has 0 spiro atoms. The van der Waals surface area contributed by atoms with E-state index in [0.29, 0.717) is 17.5 Å². The van der Waals surface area contributed by atoms with Gasteiger partial charge >= 0.3 is 6.09 Å². The zero-order valence-corrected chi connectivity index (χ0v) is 12.9. The molecule has 0 aliphatic carbocycles. The molecule has 0 saturated carbocycles. The second kappa shape index (κ2) is 5.64. The smallest absolute Gasteiger partial charge is 0.408 e. The summed E-state index contributed by atoms with van der Waals surface area (Å²) in [4.78, 5) is 17.5. The molecule has 2 aliphatic rings. The van der Waals surface area contributed by atoms with E-state index in [0.717, 1.165) is 24.1 Å².